The third-order valence-electron chi connectivity index (χ3n) is 6.71. The number of rotatable bonds is 9. The van der Waals surface area contributed by atoms with Gasteiger partial charge in [-0.1, -0.05) is 31.5 Å². The van der Waals surface area contributed by atoms with Crippen LogP contribution in [0.2, 0.25) is 0 Å². The summed E-state index contributed by atoms with van der Waals surface area (Å²) in [6.07, 6.45) is 3.90. The van der Waals surface area contributed by atoms with Gasteiger partial charge in [-0.05, 0) is 49.1 Å². The van der Waals surface area contributed by atoms with E-state index in [0.717, 1.165) is 36.8 Å². The predicted molar refractivity (Wildman–Crippen MR) is 131 cm³/mol. The summed E-state index contributed by atoms with van der Waals surface area (Å²) in [6.45, 7) is 3.92. The molecule has 184 valence electrons. The molecule has 2 aliphatic heterocycles. The van der Waals surface area contributed by atoms with Crippen molar-refractivity contribution in [3.63, 3.8) is 0 Å². The Hall–Kier alpha value is -3.52. The molecule has 0 bridgehead atoms. The molecule has 2 aliphatic rings. The Kier molecular flexibility index (Phi) is 6.63. The van der Waals surface area contributed by atoms with Crippen molar-refractivity contribution in [1.82, 2.24) is 15.1 Å². The first-order chi connectivity index (χ1) is 17.1. The summed E-state index contributed by atoms with van der Waals surface area (Å²) in [5, 5.41) is 17.9. The van der Waals surface area contributed by atoms with Gasteiger partial charge >= 0.3 is 0 Å². The molecular weight excluding hydrogens is 446 g/mol. The van der Waals surface area contributed by atoms with E-state index >= 15 is 0 Å². The van der Waals surface area contributed by atoms with Gasteiger partial charge in [0.05, 0.1) is 25.9 Å². The standard InChI is InChI=1S/C27H31N3O5/c1-3-4-13-35-21-12-11-17(15-22(21)33-2)26-23-24(19-9-5-6-10-20(19)31)28-29-25(23)27(32)30(26)16-18-8-7-14-34-18/h5-6,9-12,15,18,26,31H,3-4,7-8,13-14,16H2,1-2H3,(H,28,29). The maximum absolute atomic E-state index is 13.6. The molecule has 2 N–H and O–H groups in total. The van der Waals surface area contributed by atoms with Gasteiger partial charge in [-0.15, -0.1) is 0 Å². The fourth-order valence-electron chi connectivity index (χ4n) is 4.92. The normalized spacial score (nSPS) is 19.3. The number of para-hydroxylation sites is 1. The van der Waals surface area contributed by atoms with Crippen LogP contribution in [0.3, 0.4) is 0 Å². The van der Waals surface area contributed by atoms with Crippen molar-refractivity contribution in [2.45, 2.75) is 44.8 Å². The van der Waals surface area contributed by atoms with Crippen LogP contribution in [0.25, 0.3) is 11.3 Å². The number of nitrogens with one attached hydrogen (secondary N) is 1. The number of carbonyl (C=O) groups is 1. The van der Waals surface area contributed by atoms with Crippen molar-refractivity contribution >= 4 is 5.91 Å². The molecule has 8 heteroatoms. The molecule has 1 amide bonds. The lowest BCUT2D eigenvalue weighted by Crippen LogP contribution is -2.36. The number of fused-ring (bicyclic) bond motifs is 1. The summed E-state index contributed by atoms with van der Waals surface area (Å²) in [7, 11) is 1.62. The van der Waals surface area contributed by atoms with Crippen molar-refractivity contribution in [2.75, 3.05) is 26.9 Å². The van der Waals surface area contributed by atoms with E-state index in [-0.39, 0.29) is 17.8 Å². The van der Waals surface area contributed by atoms with Gasteiger partial charge in [0.1, 0.15) is 17.1 Å². The zero-order chi connectivity index (χ0) is 24.4. The summed E-state index contributed by atoms with van der Waals surface area (Å²) in [4.78, 5) is 15.4. The number of nitrogens with zero attached hydrogens (tertiary/aromatic N) is 2. The predicted octanol–water partition coefficient (Wildman–Crippen LogP) is 4.69. The number of H-pyrrole nitrogens is 1. The lowest BCUT2D eigenvalue weighted by Gasteiger charge is -2.29. The molecule has 5 rings (SSSR count). The Morgan fingerprint density at radius 1 is 1.23 bits per heavy atom. The Labute approximate surface area is 204 Å². The minimum absolute atomic E-state index is 0.00876. The molecule has 8 nitrogen and oxygen atoms in total. The number of amides is 1. The molecule has 0 spiro atoms. The summed E-state index contributed by atoms with van der Waals surface area (Å²) in [5.74, 6) is 1.27. The number of phenolic OH excluding ortho intramolecular Hbond substituents is 1. The van der Waals surface area contributed by atoms with Crippen LogP contribution in [-0.4, -0.2) is 59.1 Å². The number of aromatic hydroxyl groups is 1. The molecule has 0 aliphatic carbocycles. The van der Waals surface area contributed by atoms with Crippen LogP contribution in [0.4, 0.5) is 0 Å². The summed E-state index contributed by atoms with van der Waals surface area (Å²) in [5.41, 5.74) is 3.21. The molecule has 3 heterocycles. The van der Waals surface area contributed by atoms with E-state index in [2.05, 4.69) is 17.1 Å². The van der Waals surface area contributed by atoms with Gasteiger partial charge < -0.3 is 24.2 Å². The number of aromatic amines is 1. The molecule has 1 aromatic heterocycles. The maximum atomic E-state index is 13.6. The van der Waals surface area contributed by atoms with Crippen molar-refractivity contribution in [1.29, 1.82) is 0 Å². The Morgan fingerprint density at radius 2 is 2.09 bits per heavy atom. The van der Waals surface area contributed by atoms with Crippen LogP contribution < -0.4 is 9.47 Å². The van der Waals surface area contributed by atoms with Crippen molar-refractivity contribution < 1.29 is 24.1 Å². The van der Waals surface area contributed by atoms with Crippen LogP contribution in [0, 0.1) is 0 Å². The van der Waals surface area contributed by atoms with Gasteiger partial charge in [-0.2, -0.15) is 5.10 Å². The monoisotopic (exact) mass is 477 g/mol. The fourth-order valence-corrected chi connectivity index (χ4v) is 4.92. The number of unbranched alkanes of at least 4 members (excludes halogenated alkanes) is 1. The lowest BCUT2D eigenvalue weighted by molar-refractivity contribution is 0.0495. The largest absolute Gasteiger partial charge is 0.507 e. The van der Waals surface area contributed by atoms with Gasteiger partial charge in [0.2, 0.25) is 0 Å². The van der Waals surface area contributed by atoms with Crippen LogP contribution in [0.5, 0.6) is 17.2 Å². The fraction of sp³-hybridized carbons (Fsp3) is 0.407. The van der Waals surface area contributed by atoms with Crippen molar-refractivity contribution in [3.8, 4) is 28.5 Å². The third-order valence-corrected chi connectivity index (χ3v) is 6.71. The van der Waals surface area contributed by atoms with Crippen LogP contribution >= 0.6 is 0 Å². The van der Waals surface area contributed by atoms with E-state index in [4.69, 9.17) is 14.2 Å². The van der Waals surface area contributed by atoms with E-state index in [1.807, 2.05) is 29.2 Å². The minimum Gasteiger partial charge on any atom is -0.507 e. The van der Waals surface area contributed by atoms with Crippen LogP contribution in [0.1, 0.15) is 60.3 Å². The molecule has 2 atom stereocenters. The van der Waals surface area contributed by atoms with E-state index in [1.54, 1.807) is 25.3 Å². The number of carbonyl (C=O) groups excluding carboxylic acids is 1. The average Bonchev–Trinajstić information content (AvgIpc) is 3.59. The maximum Gasteiger partial charge on any atom is 0.273 e. The Balaban J connectivity index is 1.58. The Morgan fingerprint density at radius 3 is 2.83 bits per heavy atom. The van der Waals surface area contributed by atoms with E-state index in [9.17, 15) is 9.90 Å². The zero-order valence-corrected chi connectivity index (χ0v) is 20.1. The second-order valence-electron chi connectivity index (χ2n) is 8.99. The second kappa shape index (κ2) is 10.00. The van der Waals surface area contributed by atoms with Crippen LogP contribution in [0.15, 0.2) is 42.5 Å². The number of hydrogen-bond donors (Lipinski definition) is 2. The van der Waals surface area contributed by atoms with Crippen molar-refractivity contribution in [2.24, 2.45) is 0 Å². The van der Waals surface area contributed by atoms with Gasteiger partial charge in [-0.25, -0.2) is 0 Å². The Bertz CT molecular complexity index is 1200. The number of benzene rings is 2. The molecule has 1 saturated heterocycles. The quantitative estimate of drug-likeness (QED) is 0.434. The molecule has 0 radical (unpaired) electrons. The summed E-state index contributed by atoms with van der Waals surface area (Å²) >= 11 is 0. The minimum atomic E-state index is -0.409. The number of methoxy groups -OCH3 is 1. The van der Waals surface area contributed by atoms with Gasteiger partial charge in [0.15, 0.2) is 11.5 Å². The van der Waals surface area contributed by atoms with E-state index < -0.39 is 6.04 Å². The number of aromatic nitrogens is 2. The smallest absolute Gasteiger partial charge is 0.273 e. The van der Waals surface area contributed by atoms with Crippen molar-refractivity contribution in [3.05, 3.63) is 59.3 Å². The SMILES string of the molecule is CCCCOc1ccc(C2c3c(-c4ccccc4O)n[nH]c3C(=O)N2CC2CCCO2)cc1OC. The first-order valence-corrected chi connectivity index (χ1v) is 12.2. The van der Waals surface area contributed by atoms with Gasteiger partial charge in [-0.3, -0.25) is 9.89 Å². The first kappa shape index (κ1) is 23.2. The lowest BCUT2D eigenvalue weighted by atomic mass is 9.95. The molecular formula is C27H31N3O5. The van der Waals surface area contributed by atoms with Gasteiger partial charge in [0, 0.05) is 24.3 Å². The summed E-state index contributed by atoms with van der Waals surface area (Å²) in [6, 6.07) is 12.4. The van der Waals surface area contributed by atoms with Gasteiger partial charge in [0.25, 0.3) is 5.91 Å². The van der Waals surface area contributed by atoms with E-state index in [0.29, 0.717) is 48.2 Å². The second-order valence-corrected chi connectivity index (χ2v) is 8.99. The molecule has 35 heavy (non-hydrogen) atoms. The molecule has 2 unspecified atom stereocenters. The highest BCUT2D eigenvalue weighted by molar-refractivity contribution is 6.00. The number of ether oxygens (including phenoxy) is 3. The number of phenols is 1. The molecule has 1 fully saturated rings. The molecule has 2 aromatic carbocycles. The molecule has 3 aromatic rings. The van der Waals surface area contributed by atoms with E-state index in [1.165, 1.54) is 0 Å². The average molecular weight is 478 g/mol. The zero-order valence-electron chi connectivity index (χ0n) is 20.1. The van der Waals surface area contributed by atoms with Crippen LogP contribution in [-0.2, 0) is 4.74 Å². The summed E-state index contributed by atoms with van der Waals surface area (Å²) < 4.78 is 17.5. The first-order valence-electron chi connectivity index (χ1n) is 12.2. The highest BCUT2D eigenvalue weighted by Gasteiger charge is 2.44. The topological polar surface area (TPSA) is 96.9 Å². The third kappa shape index (κ3) is 4.34. The number of hydrogen-bond acceptors (Lipinski definition) is 6. The highest BCUT2D eigenvalue weighted by atomic mass is 16.5. The highest BCUT2D eigenvalue weighted by Crippen LogP contribution is 2.46. The molecule has 0 saturated carbocycles.